The van der Waals surface area contributed by atoms with Crippen molar-refractivity contribution in [3.8, 4) is 0 Å². The van der Waals surface area contributed by atoms with Gasteiger partial charge in [-0.3, -0.25) is 4.57 Å². The molecular formula is C17H18Cl2N6O. The number of anilines is 1. The summed E-state index contributed by atoms with van der Waals surface area (Å²) in [5.74, 6) is 1.06. The first-order valence-corrected chi connectivity index (χ1v) is 9.20. The van der Waals surface area contributed by atoms with E-state index >= 15 is 0 Å². The maximum Gasteiger partial charge on any atom is 0.328 e. The molecule has 1 aliphatic heterocycles. The maximum atomic E-state index is 12.4. The van der Waals surface area contributed by atoms with Crippen LogP contribution in [-0.4, -0.2) is 39.2 Å². The maximum absolute atomic E-state index is 12.4. The van der Waals surface area contributed by atoms with E-state index in [4.69, 9.17) is 23.2 Å². The summed E-state index contributed by atoms with van der Waals surface area (Å²) >= 11 is 12.5. The number of imidazole rings is 1. The van der Waals surface area contributed by atoms with Gasteiger partial charge < -0.3 is 15.6 Å². The van der Waals surface area contributed by atoms with Crippen molar-refractivity contribution in [2.24, 2.45) is 5.92 Å². The summed E-state index contributed by atoms with van der Waals surface area (Å²) in [5.41, 5.74) is 1.51. The van der Waals surface area contributed by atoms with E-state index in [0.717, 1.165) is 26.1 Å². The van der Waals surface area contributed by atoms with Gasteiger partial charge in [0.2, 0.25) is 5.95 Å². The quantitative estimate of drug-likeness (QED) is 0.620. The summed E-state index contributed by atoms with van der Waals surface area (Å²) in [4.78, 5) is 23.9. The fraction of sp³-hybridized carbons (Fsp3) is 0.353. The molecule has 2 aromatic heterocycles. The van der Waals surface area contributed by atoms with Crippen LogP contribution < -0.4 is 16.3 Å². The second-order valence-electron chi connectivity index (χ2n) is 6.39. The van der Waals surface area contributed by atoms with E-state index < -0.39 is 0 Å². The number of hydrogen-bond acceptors (Lipinski definition) is 5. The molecule has 0 unspecified atom stereocenters. The van der Waals surface area contributed by atoms with Crippen LogP contribution in [0.3, 0.4) is 0 Å². The van der Waals surface area contributed by atoms with E-state index in [2.05, 4.69) is 25.6 Å². The summed E-state index contributed by atoms with van der Waals surface area (Å²) < 4.78 is 1.52. The lowest BCUT2D eigenvalue weighted by Gasteiger charge is -2.10. The van der Waals surface area contributed by atoms with Crippen molar-refractivity contribution in [2.45, 2.75) is 13.0 Å². The molecule has 0 spiro atoms. The molecule has 3 aromatic rings. The highest BCUT2D eigenvalue weighted by molar-refractivity contribution is 6.36. The number of hydrogen-bond donors (Lipinski definition) is 3. The van der Waals surface area contributed by atoms with Gasteiger partial charge in [-0.15, -0.1) is 0 Å². The van der Waals surface area contributed by atoms with Crippen LogP contribution in [0.4, 0.5) is 5.95 Å². The number of nitrogens with one attached hydrogen (secondary N) is 3. The Morgan fingerprint density at radius 3 is 2.85 bits per heavy atom. The third kappa shape index (κ3) is 3.42. The van der Waals surface area contributed by atoms with Gasteiger partial charge in [-0.1, -0.05) is 29.3 Å². The molecule has 1 aliphatic rings. The Hall–Kier alpha value is -2.09. The molecule has 136 valence electrons. The Balaban J connectivity index is 1.64. The van der Waals surface area contributed by atoms with Crippen LogP contribution in [0.15, 0.2) is 29.2 Å². The summed E-state index contributed by atoms with van der Waals surface area (Å²) in [5, 5.41) is 7.62. The van der Waals surface area contributed by atoms with Crippen LogP contribution in [0.25, 0.3) is 11.2 Å². The van der Waals surface area contributed by atoms with Crippen molar-refractivity contribution >= 4 is 40.3 Å². The molecule has 0 radical (unpaired) electrons. The van der Waals surface area contributed by atoms with Crippen molar-refractivity contribution in [2.75, 3.05) is 25.0 Å². The monoisotopic (exact) mass is 392 g/mol. The minimum absolute atomic E-state index is 0.236. The molecule has 9 heteroatoms. The summed E-state index contributed by atoms with van der Waals surface area (Å²) in [6.45, 7) is 3.07. The largest absolute Gasteiger partial charge is 0.354 e. The number of H-pyrrole nitrogens is 1. The number of aromatic nitrogens is 4. The first-order chi connectivity index (χ1) is 12.6. The van der Waals surface area contributed by atoms with Crippen LogP contribution in [0.2, 0.25) is 10.0 Å². The molecule has 0 aliphatic carbocycles. The lowest BCUT2D eigenvalue weighted by atomic mass is 10.1. The second kappa shape index (κ2) is 7.26. The predicted molar refractivity (Wildman–Crippen MR) is 103 cm³/mol. The normalized spacial score (nSPS) is 17.1. The zero-order valence-corrected chi connectivity index (χ0v) is 15.4. The standard InChI is InChI=1S/C17H18Cl2N6O/c18-12-2-1-3-13(19)11(12)9-25-15-14(23-17(25)26)8-22-16(24-15)21-7-10-4-5-20-6-10/h1-3,8,10,20H,4-7,9H2,(H,23,26)(H,21,22,24)/t10-/m0/s1. The zero-order valence-electron chi connectivity index (χ0n) is 13.9. The topological polar surface area (TPSA) is 87.6 Å². The molecule has 1 fully saturated rings. The fourth-order valence-electron chi connectivity index (χ4n) is 3.14. The van der Waals surface area contributed by atoms with Crippen LogP contribution in [0.1, 0.15) is 12.0 Å². The van der Waals surface area contributed by atoms with E-state index in [1.165, 1.54) is 4.57 Å². The van der Waals surface area contributed by atoms with Gasteiger partial charge in [0, 0.05) is 22.2 Å². The summed E-state index contributed by atoms with van der Waals surface area (Å²) in [7, 11) is 0. The van der Waals surface area contributed by atoms with Gasteiger partial charge in [-0.25, -0.2) is 9.78 Å². The van der Waals surface area contributed by atoms with Crippen molar-refractivity contribution in [1.82, 2.24) is 24.8 Å². The van der Waals surface area contributed by atoms with Crippen molar-refractivity contribution in [3.05, 3.63) is 50.5 Å². The van der Waals surface area contributed by atoms with E-state index in [1.54, 1.807) is 24.4 Å². The number of nitrogens with zero attached hydrogens (tertiary/aromatic N) is 3. The van der Waals surface area contributed by atoms with Gasteiger partial charge in [-0.05, 0) is 37.6 Å². The second-order valence-corrected chi connectivity index (χ2v) is 7.20. The Morgan fingerprint density at radius 1 is 1.31 bits per heavy atom. The molecular weight excluding hydrogens is 375 g/mol. The van der Waals surface area contributed by atoms with Gasteiger partial charge in [0.15, 0.2) is 5.65 Å². The van der Waals surface area contributed by atoms with E-state index in [9.17, 15) is 4.79 Å². The molecule has 1 atom stereocenters. The average molecular weight is 393 g/mol. The van der Waals surface area contributed by atoms with Gasteiger partial charge in [0.1, 0.15) is 5.52 Å². The smallest absolute Gasteiger partial charge is 0.328 e. The Morgan fingerprint density at radius 2 is 2.12 bits per heavy atom. The summed E-state index contributed by atoms with van der Waals surface area (Å²) in [6, 6.07) is 5.27. The Kier molecular flexibility index (Phi) is 4.84. The minimum atomic E-state index is -0.276. The molecule has 0 bridgehead atoms. The van der Waals surface area contributed by atoms with E-state index in [1.807, 2.05) is 0 Å². The molecule has 1 aromatic carbocycles. The van der Waals surface area contributed by atoms with Gasteiger partial charge in [0.05, 0.1) is 12.7 Å². The molecule has 1 saturated heterocycles. The van der Waals surface area contributed by atoms with Gasteiger partial charge >= 0.3 is 5.69 Å². The van der Waals surface area contributed by atoms with Gasteiger partial charge in [-0.2, -0.15) is 4.98 Å². The van der Waals surface area contributed by atoms with Crippen molar-refractivity contribution < 1.29 is 0 Å². The molecule has 0 saturated carbocycles. The first kappa shape index (κ1) is 17.3. The Labute approximate surface area is 159 Å². The minimum Gasteiger partial charge on any atom is -0.354 e. The van der Waals surface area contributed by atoms with Crippen molar-refractivity contribution in [1.29, 1.82) is 0 Å². The molecule has 3 N–H and O–H groups in total. The highest BCUT2D eigenvalue weighted by Crippen LogP contribution is 2.25. The molecule has 4 rings (SSSR count). The predicted octanol–water partition coefficient (Wildman–Crippen LogP) is 2.50. The highest BCUT2D eigenvalue weighted by atomic mass is 35.5. The fourth-order valence-corrected chi connectivity index (χ4v) is 3.66. The van der Waals surface area contributed by atoms with Crippen LogP contribution in [-0.2, 0) is 6.54 Å². The molecule has 3 heterocycles. The SMILES string of the molecule is O=c1[nH]c2cnc(NC[C@H]3CCNC3)nc2n1Cc1c(Cl)cccc1Cl. The van der Waals surface area contributed by atoms with E-state index in [-0.39, 0.29) is 12.2 Å². The highest BCUT2D eigenvalue weighted by Gasteiger charge is 2.16. The molecule has 26 heavy (non-hydrogen) atoms. The number of benzene rings is 1. The third-order valence-electron chi connectivity index (χ3n) is 4.60. The zero-order chi connectivity index (χ0) is 18.1. The number of fused-ring (bicyclic) bond motifs is 1. The third-order valence-corrected chi connectivity index (χ3v) is 5.31. The van der Waals surface area contributed by atoms with E-state index in [0.29, 0.717) is 38.6 Å². The van der Waals surface area contributed by atoms with Crippen LogP contribution in [0.5, 0.6) is 0 Å². The van der Waals surface area contributed by atoms with Crippen molar-refractivity contribution in [3.63, 3.8) is 0 Å². The number of halogens is 2. The molecule has 0 amide bonds. The molecule has 7 nitrogen and oxygen atoms in total. The lowest BCUT2D eigenvalue weighted by Crippen LogP contribution is -2.19. The first-order valence-electron chi connectivity index (χ1n) is 8.45. The van der Waals surface area contributed by atoms with Crippen LogP contribution >= 0.6 is 23.2 Å². The summed E-state index contributed by atoms with van der Waals surface area (Å²) in [6.07, 6.45) is 2.75. The average Bonchev–Trinajstić information content (AvgIpc) is 3.24. The lowest BCUT2D eigenvalue weighted by molar-refractivity contribution is 0.613. The Bertz CT molecular complexity index is 972. The van der Waals surface area contributed by atoms with Gasteiger partial charge in [0.25, 0.3) is 0 Å². The number of rotatable bonds is 5. The van der Waals surface area contributed by atoms with Crippen LogP contribution in [0, 0.1) is 5.92 Å². The number of aromatic amines is 1.